The first-order valence-corrected chi connectivity index (χ1v) is 9.14. The van der Waals surface area contributed by atoms with E-state index in [-0.39, 0.29) is 23.6 Å². The van der Waals surface area contributed by atoms with Gasteiger partial charge in [-0.25, -0.2) is 17.5 Å². The minimum atomic E-state index is -3.59. The van der Waals surface area contributed by atoms with E-state index < -0.39 is 15.8 Å². The first kappa shape index (κ1) is 16.8. The van der Waals surface area contributed by atoms with Crippen LogP contribution in [0.1, 0.15) is 27.0 Å². The van der Waals surface area contributed by atoms with Crippen LogP contribution in [0.4, 0.5) is 4.39 Å². The number of hydrogen-bond donors (Lipinski definition) is 1. The van der Waals surface area contributed by atoms with Crippen molar-refractivity contribution in [1.82, 2.24) is 4.72 Å². The number of rotatable bonds is 7. The lowest BCUT2D eigenvalue weighted by molar-refractivity contribution is 0.102. The molecule has 0 aliphatic rings. The molecule has 0 amide bonds. The lowest BCUT2D eigenvalue weighted by Crippen LogP contribution is -2.27. The van der Waals surface area contributed by atoms with E-state index in [2.05, 4.69) is 4.72 Å². The number of thiophene rings is 1. The molecule has 1 N–H and O–H groups in total. The van der Waals surface area contributed by atoms with Gasteiger partial charge >= 0.3 is 0 Å². The van der Waals surface area contributed by atoms with Crippen molar-refractivity contribution in [3.63, 3.8) is 0 Å². The molecular weight excluding hydrogens is 325 g/mol. The fourth-order valence-electron chi connectivity index (χ4n) is 1.90. The van der Waals surface area contributed by atoms with Crippen molar-refractivity contribution in [3.05, 3.63) is 57.5 Å². The fourth-order valence-corrected chi connectivity index (χ4v) is 3.96. The van der Waals surface area contributed by atoms with E-state index in [1.165, 1.54) is 36.5 Å². The molecule has 2 rings (SSSR count). The first-order chi connectivity index (χ1) is 10.4. The molecule has 4 nitrogen and oxygen atoms in total. The summed E-state index contributed by atoms with van der Waals surface area (Å²) in [5, 5.41) is 0. The predicted molar refractivity (Wildman–Crippen MR) is 85.1 cm³/mol. The van der Waals surface area contributed by atoms with Gasteiger partial charge in [0.2, 0.25) is 10.0 Å². The van der Waals surface area contributed by atoms with Crippen LogP contribution in [-0.4, -0.2) is 20.7 Å². The molecular formula is C15H16FNO3S2. The Morgan fingerprint density at radius 3 is 2.59 bits per heavy atom. The minimum Gasteiger partial charge on any atom is -0.294 e. The highest BCUT2D eigenvalue weighted by molar-refractivity contribution is 7.88. The van der Waals surface area contributed by atoms with Gasteiger partial charge in [0.15, 0.2) is 5.78 Å². The second-order valence-electron chi connectivity index (χ2n) is 4.82. The highest BCUT2D eigenvalue weighted by Gasteiger charge is 2.14. The van der Waals surface area contributed by atoms with Crippen LogP contribution in [0, 0.1) is 5.82 Å². The fraction of sp³-hybridized carbons (Fsp3) is 0.267. The van der Waals surface area contributed by atoms with Crippen molar-refractivity contribution < 1.29 is 17.6 Å². The van der Waals surface area contributed by atoms with E-state index >= 15 is 0 Å². The molecule has 0 fully saturated rings. The molecule has 0 saturated carbocycles. The van der Waals surface area contributed by atoms with Gasteiger partial charge in [0.25, 0.3) is 0 Å². The van der Waals surface area contributed by atoms with Gasteiger partial charge in [-0.15, -0.1) is 11.3 Å². The molecule has 0 aliphatic heterocycles. The smallest absolute Gasteiger partial charge is 0.215 e. The Balaban J connectivity index is 1.90. The normalized spacial score (nSPS) is 11.5. The molecule has 1 heterocycles. The summed E-state index contributed by atoms with van der Waals surface area (Å²) in [6.07, 6.45) is 0.494. The zero-order valence-electron chi connectivity index (χ0n) is 12.0. The SMILES string of the molecule is CC(=O)c1ccc(CCNS(=O)(=O)Cc2ccccc2F)s1. The lowest BCUT2D eigenvalue weighted by atomic mass is 10.2. The Kier molecular flexibility index (Phi) is 5.44. The molecule has 1 aromatic heterocycles. The molecule has 0 radical (unpaired) electrons. The van der Waals surface area contributed by atoms with E-state index in [0.717, 1.165) is 4.88 Å². The Bertz CT molecular complexity index is 769. The van der Waals surface area contributed by atoms with E-state index in [0.29, 0.717) is 11.3 Å². The third kappa shape index (κ3) is 4.72. The number of carbonyl (C=O) groups excluding carboxylic acids is 1. The zero-order chi connectivity index (χ0) is 16.2. The van der Waals surface area contributed by atoms with Crippen molar-refractivity contribution in [2.45, 2.75) is 19.1 Å². The Labute approximate surface area is 133 Å². The molecule has 7 heteroatoms. The molecule has 118 valence electrons. The largest absolute Gasteiger partial charge is 0.294 e. The summed E-state index contributed by atoms with van der Waals surface area (Å²) in [6.45, 7) is 1.71. The van der Waals surface area contributed by atoms with Crippen LogP contribution in [0.25, 0.3) is 0 Å². The van der Waals surface area contributed by atoms with Gasteiger partial charge in [0.05, 0.1) is 10.6 Å². The monoisotopic (exact) mass is 341 g/mol. The Hall–Kier alpha value is -1.57. The minimum absolute atomic E-state index is 0.00335. The highest BCUT2D eigenvalue weighted by atomic mass is 32.2. The van der Waals surface area contributed by atoms with Crippen molar-refractivity contribution in [2.75, 3.05) is 6.54 Å². The summed E-state index contributed by atoms with van der Waals surface area (Å²) in [4.78, 5) is 12.8. The van der Waals surface area contributed by atoms with Gasteiger partial charge in [-0.3, -0.25) is 4.79 Å². The third-order valence-corrected chi connectivity index (χ3v) is 5.59. The molecule has 0 saturated heterocycles. The van der Waals surface area contributed by atoms with Crippen LogP contribution >= 0.6 is 11.3 Å². The number of hydrogen-bond acceptors (Lipinski definition) is 4. The molecule has 0 bridgehead atoms. The van der Waals surface area contributed by atoms with Crippen molar-refractivity contribution >= 4 is 27.1 Å². The second kappa shape index (κ2) is 7.13. The molecule has 0 unspecified atom stereocenters. The van der Waals surface area contributed by atoms with Gasteiger partial charge in [-0.1, -0.05) is 18.2 Å². The first-order valence-electron chi connectivity index (χ1n) is 6.68. The van der Waals surface area contributed by atoms with E-state index in [4.69, 9.17) is 0 Å². The standard InChI is InChI=1S/C15H16FNO3S2/c1-11(18)15-7-6-13(21-15)8-9-17-22(19,20)10-12-4-2-3-5-14(12)16/h2-7,17H,8-10H2,1H3. The number of ketones is 1. The third-order valence-electron chi connectivity index (χ3n) is 3.01. The van der Waals surface area contributed by atoms with Crippen molar-refractivity contribution in [1.29, 1.82) is 0 Å². The number of sulfonamides is 1. The van der Waals surface area contributed by atoms with Crippen molar-refractivity contribution in [3.8, 4) is 0 Å². The second-order valence-corrected chi connectivity index (χ2v) is 7.79. The number of carbonyl (C=O) groups is 1. The lowest BCUT2D eigenvalue weighted by Gasteiger charge is -2.07. The van der Waals surface area contributed by atoms with Gasteiger partial charge in [-0.2, -0.15) is 0 Å². The average molecular weight is 341 g/mol. The molecule has 0 spiro atoms. The predicted octanol–water partition coefficient (Wildman–Crippen LogP) is 2.75. The quantitative estimate of drug-likeness (QED) is 0.788. The van der Waals surface area contributed by atoms with Crippen LogP contribution in [0.2, 0.25) is 0 Å². The maximum atomic E-state index is 13.5. The van der Waals surface area contributed by atoms with Gasteiger partial charge in [0, 0.05) is 17.0 Å². The van der Waals surface area contributed by atoms with Gasteiger partial charge in [-0.05, 0) is 31.5 Å². The molecule has 0 atom stereocenters. The highest BCUT2D eigenvalue weighted by Crippen LogP contribution is 2.17. The Morgan fingerprint density at radius 2 is 1.95 bits per heavy atom. The summed E-state index contributed by atoms with van der Waals surface area (Å²) in [6, 6.07) is 9.35. The summed E-state index contributed by atoms with van der Waals surface area (Å²) in [7, 11) is -3.59. The van der Waals surface area contributed by atoms with E-state index in [1.54, 1.807) is 12.1 Å². The molecule has 2 aromatic rings. The van der Waals surface area contributed by atoms with Crippen LogP contribution in [0.15, 0.2) is 36.4 Å². The number of Topliss-reactive ketones (excluding diaryl/α,β-unsaturated/α-hetero) is 1. The summed E-state index contributed by atoms with van der Waals surface area (Å²) >= 11 is 1.35. The number of halogens is 1. The van der Waals surface area contributed by atoms with Crippen LogP contribution < -0.4 is 4.72 Å². The van der Waals surface area contributed by atoms with Gasteiger partial charge in [0.1, 0.15) is 5.82 Å². The van der Waals surface area contributed by atoms with Crippen LogP contribution in [0.5, 0.6) is 0 Å². The van der Waals surface area contributed by atoms with E-state index in [1.807, 2.05) is 6.07 Å². The summed E-state index contributed by atoms with van der Waals surface area (Å²) in [5.41, 5.74) is 0.144. The summed E-state index contributed by atoms with van der Waals surface area (Å²) < 4.78 is 39.8. The van der Waals surface area contributed by atoms with E-state index in [9.17, 15) is 17.6 Å². The Morgan fingerprint density at radius 1 is 1.23 bits per heavy atom. The molecule has 22 heavy (non-hydrogen) atoms. The maximum absolute atomic E-state index is 13.5. The zero-order valence-corrected chi connectivity index (χ0v) is 13.6. The van der Waals surface area contributed by atoms with Crippen molar-refractivity contribution in [2.24, 2.45) is 0 Å². The topological polar surface area (TPSA) is 63.2 Å². The maximum Gasteiger partial charge on any atom is 0.215 e. The average Bonchev–Trinajstić information content (AvgIpc) is 2.90. The molecule has 0 aliphatic carbocycles. The number of benzene rings is 1. The van der Waals surface area contributed by atoms with Gasteiger partial charge < -0.3 is 0 Å². The molecule has 1 aromatic carbocycles. The number of nitrogens with one attached hydrogen (secondary N) is 1. The summed E-state index contributed by atoms with van der Waals surface area (Å²) in [5.74, 6) is -0.920. The van der Waals surface area contributed by atoms with Crippen LogP contribution in [-0.2, 0) is 22.2 Å². The van der Waals surface area contributed by atoms with Crippen LogP contribution in [0.3, 0.4) is 0 Å².